The third kappa shape index (κ3) is 2.24. The van der Waals surface area contributed by atoms with Gasteiger partial charge in [-0.3, -0.25) is 4.79 Å². The molecule has 0 radical (unpaired) electrons. The molecule has 1 spiro atoms. The lowest BCUT2D eigenvalue weighted by molar-refractivity contribution is -0.135. The number of carbonyl (C=O) groups is 2. The summed E-state index contributed by atoms with van der Waals surface area (Å²) in [7, 11) is 1.85. The van der Waals surface area contributed by atoms with E-state index in [9.17, 15) is 14.7 Å². The number of nitrogens with zero attached hydrogens (tertiary/aromatic N) is 3. The van der Waals surface area contributed by atoms with E-state index in [0.29, 0.717) is 18.8 Å². The summed E-state index contributed by atoms with van der Waals surface area (Å²) in [6, 6.07) is 3.54. The number of aromatic carboxylic acids is 1. The van der Waals surface area contributed by atoms with Crippen molar-refractivity contribution in [3.8, 4) is 0 Å². The molecule has 0 bridgehead atoms. The molecular weight excluding hydrogens is 270 g/mol. The van der Waals surface area contributed by atoms with Gasteiger partial charge in [0, 0.05) is 32.9 Å². The predicted octanol–water partition coefficient (Wildman–Crippen LogP) is 1.23. The predicted molar refractivity (Wildman–Crippen MR) is 77.3 cm³/mol. The molecule has 2 aliphatic rings. The van der Waals surface area contributed by atoms with Gasteiger partial charge in [-0.25, -0.2) is 9.78 Å². The van der Waals surface area contributed by atoms with Gasteiger partial charge in [0.1, 0.15) is 0 Å². The average molecular weight is 289 g/mol. The lowest BCUT2D eigenvalue weighted by atomic mass is 9.77. The van der Waals surface area contributed by atoms with Crippen molar-refractivity contribution < 1.29 is 14.7 Å². The van der Waals surface area contributed by atoms with Crippen LogP contribution >= 0.6 is 0 Å². The third-order valence-electron chi connectivity index (χ3n) is 4.78. The van der Waals surface area contributed by atoms with Gasteiger partial charge in [0.2, 0.25) is 5.91 Å². The van der Waals surface area contributed by atoms with Crippen molar-refractivity contribution in [2.75, 3.05) is 31.6 Å². The molecule has 2 saturated heterocycles. The van der Waals surface area contributed by atoms with Gasteiger partial charge in [-0.2, -0.15) is 0 Å². The highest BCUT2D eigenvalue weighted by atomic mass is 16.4. The van der Waals surface area contributed by atoms with Gasteiger partial charge in [-0.05, 0) is 31.4 Å². The molecule has 1 N–H and O–H groups in total. The lowest BCUT2D eigenvalue weighted by Crippen LogP contribution is -2.44. The van der Waals surface area contributed by atoms with Gasteiger partial charge in [0.25, 0.3) is 0 Å². The van der Waals surface area contributed by atoms with Gasteiger partial charge in [0.05, 0.1) is 11.1 Å². The molecule has 1 amide bonds. The van der Waals surface area contributed by atoms with Crippen LogP contribution in [0, 0.1) is 5.41 Å². The summed E-state index contributed by atoms with van der Waals surface area (Å²) in [6.45, 7) is 2.23. The lowest BCUT2D eigenvalue weighted by Gasteiger charge is -2.39. The van der Waals surface area contributed by atoms with E-state index in [1.165, 1.54) is 6.20 Å². The van der Waals surface area contributed by atoms with Crippen molar-refractivity contribution in [1.29, 1.82) is 0 Å². The number of anilines is 1. The normalized spacial score (nSPS) is 21.1. The number of amides is 1. The fourth-order valence-electron chi connectivity index (χ4n) is 3.45. The molecule has 0 atom stereocenters. The van der Waals surface area contributed by atoms with Crippen LogP contribution in [0.4, 0.5) is 5.69 Å². The highest BCUT2D eigenvalue weighted by Gasteiger charge is 2.47. The van der Waals surface area contributed by atoms with Crippen molar-refractivity contribution >= 4 is 17.6 Å². The van der Waals surface area contributed by atoms with E-state index >= 15 is 0 Å². The Kier molecular flexibility index (Phi) is 3.31. The van der Waals surface area contributed by atoms with Crippen molar-refractivity contribution in [2.24, 2.45) is 5.41 Å². The van der Waals surface area contributed by atoms with E-state index < -0.39 is 5.97 Å². The molecule has 0 unspecified atom stereocenters. The molecule has 1 aromatic heterocycles. The van der Waals surface area contributed by atoms with Crippen LogP contribution < -0.4 is 4.90 Å². The second-order valence-corrected chi connectivity index (χ2v) is 5.92. The van der Waals surface area contributed by atoms with Crippen molar-refractivity contribution in [1.82, 2.24) is 9.88 Å². The molecule has 2 fully saturated rings. The minimum Gasteiger partial charge on any atom is -0.476 e. The fourth-order valence-corrected chi connectivity index (χ4v) is 3.45. The summed E-state index contributed by atoms with van der Waals surface area (Å²) in [5.74, 6) is -0.769. The number of carboxylic acids is 1. The number of pyridine rings is 1. The minimum absolute atomic E-state index is 0.0864. The molecular formula is C15H19N3O3. The van der Waals surface area contributed by atoms with Crippen LogP contribution in [0.15, 0.2) is 18.3 Å². The number of carbonyl (C=O) groups excluding carboxylic acids is 1. The summed E-state index contributed by atoms with van der Waals surface area (Å²) in [6.07, 6.45) is 3.97. The van der Waals surface area contributed by atoms with Crippen molar-refractivity contribution in [2.45, 2.75) is 19.3 Å². The SMILES string of the molecule is CN1CCC2(CCN(c3cccnc3C(=O)O)CC2)C1=O. The van der Waals surface area contributed by atoms with E-state index in [1.807, 2.05) is 16.8 Å². The summed E-state index contributed by atoms with van der Waals surface area (Å²) in [5.41, 5.74) is 0.513. The van der Waals surface area contributed by atoms with Crippen LogP contribution in [0.5, 0.6) is 0 Å². The quantitative estimate of drug-likeness (QED) is 0.886. The topological polar surface area (TPSA) is 73.7 Å². The van der Waals surface area contributed by atoms with Crippen LogP contribution in [0.25, 0.3) is 0 Å². The molecule has 6 nitrogen and oxygen atoms in total. The van der Waals surface area contributed by atoms with E-state index in [4.69, 9.17) is 0 Å². The molecule has 0 saturated carbocycles. The number of aromatic nitrogens is 1. The van der Waals surface area contributed by atoms with Crippen LogP contribution in [0.2, 0.25) is 0 Å². The average Bonchev–Trinajstić information content (AvgIpc) is 2.77. The maximum absolute atomic E-state index is 12.3. The Morgan fingerprint density at radius 1 is 1.29 bits per heavy atom. The van der Waals surface area contributed by atoms with Crippen molar-refractivity contribution in [3.05, 3.63) is 24.0 Å². The van der Waals surface area contributed by atoms with Crippen molar-refractivity contribution in [3.63, 3.8) is 0 Å². The first kappa shape index (κ1) is 13.9. The summed E-state index contributed by atoms with van der Waals surface area (Å²) in [4.78, 5) is 31.4. The Morgan fingerprint density at radius 3 is 2.52 bits per heavy atom. The minimum atomic E-state index is -1.01. The van der Waals surface area contributed by atoms with Gasteiger partial charge in [-0.1, -0.05) is 0 Å². The van der Waals surface area contributed by atoms with Crippen LogP contribution in [0.1, 0.15) is 29.8 Å². The smallest absolute Gasteiger partial charge is 0.356 e. The van der Waals surface area contributed by atoms with E-state index in [1.54, 1.807) is 12.1 Å². The van der Waals surface area contributed by atoms with Crippen LogP contribution in [-0.2, 0) is 4.79 Å². The zero-order chi connectivity index (χ0) is 15.0. The zero-order valence-electron chi connectivity index (χ0n) is 12.1. The first-order valence-electron chi connectivity index (χ1n) is 7.22. The highest BCUT2D eigenvalue weighted by molar-refractivity contribution is 5.92. The number of rotatable bonds is 2. The Morgan fingerprint density at radius 2 is 1.95 bits per heavy atom. The third-order valence-corrected chi connectivity index (χ3v) is 4.78. The molecule has 21 heavy (non-hydrogen) atoms. The Hall–Kier alpha value is -2.11. The molecule has 0 aliphatic carbocycles. The number of hydrogen-bond acceptors (Lipinski definition) is 4. The first-order chi connectivity index (χ1) is 10.0. The fraction of sp³-hybridized carbons (Fsp3) is 0.533. The summed E-state index contributed by atoms with van der Waals surface area (Å²) >= 11 is 0. The second kappa shape index (κ2) is 5.02. The molecule has 1 aromatic rings. The molecule has 3 rings (SSSR count). The highest BCUT2D eigenvalue weighted by Crippen LogP contribution is 2.42. The number of likely N-dealkylation sites (tertiary alicyclic amines) is 1. The monoisotopic (exact) mass is 289 g/mol. The van der Waals surface area contributed by atoms with Gasteiger partial charge in [0.15, 0.2) is 5.69 Å². The summed E-state index contributed by atoms with van der Waals surface area (Å²) < 4.78 is 0. The Balaban J connectivity index is 1.78. The maximum Gasteiger partial charge on any atom is 0.356 e. The standard InChI is InChI=1S/C15H19N3O3/c1-17-8-4-15(14(17)21)5-9-18(10-6-15)11-3-2-7-16-12(11)13(19)20/h2-3,7H,4-6,8-10H2,1H3,(H,19,20). The Bertz CT molecular complexity index is 579. The van der Waals surface area contributed by atoms with Gasteiger partial charge >= 0.3 is 5.97 Å². The second-order valence-electron chi connectivity index (χ2n) is 5.92. The van der Waals surface area contributed by atoms with E-state index in [2.05, 4.69) is 4.98 Å². The van der Waals surface area contributed by atoms with Crippen LogP contribution in [0.3, 0.4) is 0 Å². The molecule has 3 heterocycles. The number of carboxylic acid groups (broad SMARTS) is 1. The van der Waals surface area contributed by atoms with Gasteiger partial charge < -0.3 is 14.9 Å². The number of hydrogen-bond donors (Lipinski definition) is 1. The van der Waals surface area contributed by atoms with E-state index in [0.717, 1.165) is 25.8 Å². The van der Waals surface area contributed by atoms with Crippen LogP contribution in [-0.4, -0.2) is 53.5 Å². The number of piperidine rings is 1. The first-order valence-corrected chi connectivity index (χ1v) is 7.22. The van der Waals surface area contributed by atoms with E-state index in [-0.39, 0.29) is 17.0 Å². The zero-order valence-corrected chi connectivity index (χ0v) is 12.1. The molecule has 0 aromatic carbocycles. The van der Waals surface area contributed by atoms with Gasteiger partial charge in [-0.15, -0.1) is 0 Å². The molecule has 2 aliphatic heterocycles. The Labute approximate surface area is 123 Å². The molecule has 6 heteroatoms. The maximum atomic E-state index is 12.3. The molecule has 112 valence electrons. The largest absolute Gasteiger partial charge is 0.476 e. The summed E-state index contributed by atoms with van der Waals surface area (Å²) in [5, 5.41) is 9.23.